The minimum atomic E-state index is 0.287. The van der Waals surface area contributed by atoms with Crippen molar-refractivity contribution in [1.82, 2.24) is 9.88 Å². The molecule has 110 valence electrons. The van der Waals surface area contributed by atoms with Crippen LogP contribution in [0.2, 0.25) is 5.15 Å². The quantitative estimate of drug-likeness (QED) is 0.467. The maximum Gasteiger partial charge on any atom is 0.134 e. The van der Waals surface area contributed by atoms with E-state index in [2.05, 4.69) is 48.0 Å². The molecule has 1 heterocycles. The van der Waals surface area contributed by atoms with E-state index in [4.69, 9.17) is 16.9 Å². The normalized spacial score (nSPS) is 11.3. The summed E-state index contributed by atoms with van der Waals surface area (Å²) in [6, 6.07) is 10.8. The maximum atomic E-state index is 8.92. The molecule has 2 aromatic rings. The Labute approximate surface area is 134 Å². The van der Waals surface area contributed by atoms with Gasteiger partial charge < -0.3 is 0 Å². The summed E-state index contributed by atoms with van der Waals surface area (Å²) < 4.78 is 0. The summed E-state index contributed by atoms with van der Waals surface area (Å²) >= 11 is 8.01. The number of hydrogen-bond donors (Lipinski definition) is 0. The van der Waals surface area contributed by atoms with Crippen LogP contribution in [0.4, 0.5) is 0 Å². The van der Waals surface area contributed by atoms with Gasteiger partial charge in [-0.1, -0.05) is 17.7 Å². The van der Waals surface area contributed by atoms with Gasteiger partial charge in [0.05, 0.1) is 18.1 Å². The molecule has 0 N–H and O–H groups in total. The molecule has 1 aromatic heterocycles. The molecular weight excluding hydrogens is 302 g/mol. The number of thioether (sulfide) groups is 1. The summed E-state index contributed by atoms with van der Waals surface area (Å²) in [5.74, 6) is 0. The third-order valence-corrected chi connectivity index (χ3v) is 4.48. The Morgan fingerprint density at radius 1 is 1.38 bits per heavy atom. The first-order valence-electron chi connectivity index (χ1n) is 6.79. The summed E-state index contributed by atoms with van der Waals surface area (Å²) in [5, 5.41) is 10.5. The van der Waals surface area contributed by atoms with E-state index >= 15 is 0 Å². The van der Waals surface area contributed by atoms with Crippen molar-refractivity contribution in [2.75, 3.05) is 12.8 Å². The van der Waals surface area contributed by atoms with Crippen LogP contribution in [-0.2, 0) is 6.54 Å². The molecule has 1 aromatic carbocycles. The summed E-state index contributed by atoms with van der Waals surface area (Å²) in [6.07, 6.45) is 2.04. The average Bonchev–Trinajstić information content (AvgIpc) is 2.46. The fraction of sp³-hybridized carbons (Fsp3) is 0.375. The van der Waals surface area contributed by atoms with Crippen LogP contribution in [-0.4, -0.2) is 28.7 Å². The third-order valence-electron chi connectivity index (χ3n) is 3.43. The van der Waals surface area contributed by atoms with Gasteiger partial charge in [-0.05, 0) is 38.3 Å². The van der Waals surface area contributed by atoms with Gasteiger partial charge in [0.15, 0.2) is 0 Å². The van der Waals surface area contributed by atoms with Gasteiger partial charge in [0, 0.05) is 28.4 Å². The van der Waals surface area contributed by atoms with Crippen LogP contribution in [0.15, 0.2) is 29.2 Å². The lowest BCUT2D eigenvalue weighted by Crippen LogP contribution is -2.30. The number of hydrogen-bond acceptors (Lipinski definition) is 4. The summed E-state index contributed by atoms with van der Waals surface area (Å²) in [5.41, 5.74) is 1.87. The summed E-state index contributed by atoms with van der Waals surface area (Å²) in [6.45, 7) is 5.17. The van der Waals surface area contributed by atoms with Crippen molar-refractivity contribution in [2.24, 2.45) is 0 Å². The van der Waals surface area contributed by atoms with Crippen molar-refractivity contribution in [3.63, 3.8) is 0 Å². The van der Waals surface area contributed by atoms with Crippen molar-refractivity contribution in [3.8, 4) is 6.07 Å². The molecule has 0 saturated heterocycles. The first kappa shape index (κ1) is 16.1. The van der Waals surface area contributed by atoms with E-state index in [1.165, 1.54) is 4.90 Å². The van der Waals surface area contributed by atoms with Crippen LogP contribution in [0.3, 0.4) is 0 Å². The summed E-state index contributed by atoms with van der Waals surface area (Å²) in [7, 11) is 0. The molecule has 3 nitrogen and oxygen atoms in total. The number of fused-ring (bicyclic) bond motifs is 1. The monoisotopic (exact) mass is 319 g/mol. The Kier molecular flexibility index (Phi) is 5.46. The first-order valence-corrected chi connectivity index (χ1v) is 8.39. The van der Waals surface area contributed by atoms with E-state index in [1.807, 2.05) is 12.3 Å². The number of pyridine rings is 1. The fourth-order valence-corrected chi connectivity index (χ4v) is 2.77. The van der Waals surface area contributed by atoms with Crippen LogP contribution in [0.5, 0.6) is 0 Å². The molecule has 0 atom stereocenters. The second kappa shape index (κ2) is 7.13. The molecule has 0 aliphatic carbocycles. The highest BCUT2D eigenvalue weighted by molar-refractivity contribution is 7.98. The lowest BCUT2D eigenvalue weighted by molar-refractivity contribution is 0.240. The van der Waals surface area contributed by atoms with Crippen LogP contribution in [0, 0.1) is 11.3 Å². The highest BCUT2D eigenvalue weighted by Gasteiger charge is 2.13. The molecule has 0 fully saturated rings. The van der Waals surface area contributed by atoms with E-state index in [0.29, 0.717) is 18.2 Å². The van der Waals surface area contributed by atoms with Crippen LogP contribution in [0.25, 0.3) is 10.9 Å². The number of rotatable bonds is 5. The Balaban J connectivity index is 2.36. The predicted molar refractivity (Wildman–Crippen MR) is 89.7 cm³/mol. The van der Waals surface area contributed by atoms with Gasteiger partial charge in [0.1, 0.15) is 5.15 Å². The molecule has 0 radical (unpaired) electrons. The van der Waals surface area contributed by atoms with Gasteiger partial charge in [-0.2, -0.15) is 5.26 Å². The van der Waals surface area contributed by atoms with Crippen LogP contribution in [0.1, 0.15) is 19.4 Å². The Morgan fingerprint density at radius 2 is 2.14 bits per heavy atom. The molecule has 0 aliphatic heterocycles. The van der Waals surface area contributed by atoms with Gasteiger partial charge in [-0.25, -0.2) is 4.98 Å². The molecule has 2 rings (SSSR count). The Hall–Kier alpha value is -1.28. The number of nitriles is 1. The lowest BCUT2D eigenvalue weighted by atomic mass is 10.1. The maximum absolute atomic E-state index is 8.92. The summed E-state index contributed by atoms with van der Waals surface area (Å²) in [4.78, 5) is 7.75. The topological polar surface area (TPSA) is 39.9 Å². The van der Waals surface area contributed by atoms with Crippen molar-refractivity contribution >= 4 is 34.3 Å². The SMILES string of the molecule is CSc1ccc2cc(CN(CC#N)C(C)C)c(Cl)nc2c1. The van der Waals surface area contributed by atoms with Gasteiger partial charge in [-0.3, -0.25) is 4.90 Å². The molecule has 0 amide bonds. The Morgan fingerprint density at radius 3 is 2.76 bits per heavy atom. The molecule has 0 aliphatic rings. The predicted octanol–water partition coefficient (Wildman–Crippen LogP) is 4.34. The fourth-order valence-electron chi connectivity index (χ4n) is 2.14. The second-order valence-electron chi connectivity index (χ2n) is 5.15. The molecule has 5 heteroatoms. The van der Waals surface area contributed by atoms with Gasteiger partial charge in [0.25, 0.3) is 0 Å². The third kappa shape index (κ3) is 3.88. The minimum absolute atomic E-state index is 0.287. The van der Waals surface area contributed by atoms with Crippen molar-refractivity contribution in [2.45, 2.75) is 31.3 Å². The zero-order chi connectivity index (χ0) is 15.4. The zero-order valence-electron chi connectivity index (χ0n) is 12.4. The minimum Gasteiger partial charge on any atom is -0.284 e. The second-order valence-corrected chi connectivity index (χ2v) is 6.39. The average molecular weight is 320 g/mol. The standard InChI is InChI=1S/C16H18ClN3S/c1-11(2)20(7-6-18)10-13-8-12-4-5-14(21-3)9-15(12)19-16(13)17/h4-5,8-9,11H,7,10H2,1-3H3. The van der Waals surface area contributed by atoms with Crippen LogP contribution >= 0.6 is 23.4 Å². The van der Waals surface area contributed by atoms with Crippen LogP contribution < -0.4 is 0 Å². The highest BCUT2D eigenvalue weighted by atomic mass is 35.5. The van der Waals surface area contributed by atoms with E-state index < -0.39 is 0 Å². The van der Waals surface area contributed by atoms with Crippen molar-refractivity contribution in [1.29, 1.82) is 5.26 Å². The van der Waals surface area contributed by atoms with Crippen molar-refractivity contribution in [3.05, 3.63) is 35.0 Å². The van der Waals surface area contributed by atoms with E-state index in [-0.39, 0.29) is 6.04 Å². The molecular formula is C16H18ClN3S. The van der Waals surface area contributed by atoms with E-state index in [0.717, 1.165) is 16.5 Å². The highest BCUT2D eigenvalue weighted by Crippen LogP contribution is 2.25. The first-order chi connectivity index (χ1) is 10.0. The van der Waals surface area contributed by atoms with Crippen molar-refractivity contribution < 1.29 is 0 Å². The Bertz CT molecular complexity index is 679. The van der Waals surface area contributed by atoms with Gasteiger partial charge >= 0.3 is 0 Å². The molecule has 0 spiro atoms. The largest absolute Gasteiger partial charge is 0.284 e. The van der Waals surface area contributed by atoms with Gasteiger partial charge in [0.2, 0.25) is 0 Å². The number of halogens is 1. The molecule has 21 heavy (non-hydrogen) atoms. The lowest BCUT2D eigenvalue weighted by Gasteiger charge is -2.23. The number of aromatic nitrogens is 1. The van der Waals surface area contributed by atoms with E-state index in [9.17, 15) is 0 Å². The molecule has 0 unspecified atom stereocenters. The molecule has 0 saturated carbocycles. The molecule has 0 bridgehead atoms. The number of nitrogens with zero attached hydrogens (tertiary/aromatic N) is 3. The zero-order valence-corrected chi connectivity index (χ0v) is 14.0. The number of benzene rings is 1. The van der Waals surface area contributed by atoms with Gasteiger partial charge in [-0.15, -0.1) is 11.8 Å². The van der Waals surface area contributed by atoms with E-state index in [1.54, 1.807) is 11.8 Å². The smallest absolute Gasteiger partial charge is 0.134 e.